The van der Waals surface area contributed by atoms with Gasteiger partial charge < -0.3 is 4.74 Å². The minimum absolute atomic E-state index is 0.158. The van der Waals surface area contributed by atoms with Gasteiger partial charge in [-0.25, -0.2) is 0 Å². The van der Waals surface area contributed by atoms with Crippen molar-refractivity contribution in [2.24, 2.45) is 0 Å². The van der Waals surface area contributed by atoms with Gasteiger partial charge in [-0.1, -0.05) is 24.4 Å². The normalized spacial score (nSPS) is 12.5. The number of thiophene rings is 1. The lowest BCUT2D eigenvalue weighted by atomic mass is 10.7. The van der Waals surface area contributed by atoms with Gasteiger partial charge in [0.15, 0.2) is 0 Å². The summed E-state index contributed by atoms with van der Waals surface area (Å²) < 4.78 is 6.43. The first-order valence-corrected chi connectivity index (χ1v) is 5.05. The van der Waals surface area contributed by atoms with Crippen LogP contribution >= 0.6 is 23.1 Å². The maximum absolute atomic E-state index is 5.15. The fraction of sp³-hybridized carbons (Fsp3) is 0.250. The molecule has 0 amide bonds. The third-order valence-corrected chi connectivity index (χ3v) is 3.12. The molecule has 0 aliphatic carbocycles. The van der Waals surface area contributed by atoms with Gasteiger partial charge in [0, 0.05) is 0 Å². The highest BCUT2D eigenvalue weighted by Gasteiger charge is 2.02. The fourth-order valence-electron chi connectivity index (χ4n) is 0.657. The van der Waals surface area contributed by atoms with E-state index >= 15 is 0 Å². The van der Waals surface area contributed by atoms with Gasteiger partial charge in [-0.05, 0) is 18.4 Å². The summed E-state index contributed by atoms with van der Waals surface area (Å²) in [5, 5.41) is 2.06. The summed E-state index contributed by atoms with van der Waals surface area (Å²) in [6.45, 7) is 5.50. The van der Waals surface area contributed by atoms with Crippen LogP contribution in [-0.4, -0.2) is 5.44 Å². The molecule has 1 heterocycles. The summed E-state index contributed by atoms with van der Waals surface area (Å²) in [5.74, 6) is 0. The van der Waals surface area contributed by atoms with E-state index in [1.807, 2.05) is 13.0 Å². The van der Waals surface area contributed by atoms with Crippen LogP contribution in [0.5, 0.6) is 0 Å². The van der Waals surface area contributed by atoms with Crippen LogP contribution < -0.4 is 0 Å². The summed E-state index contributed by atoms with van der Waals surface area (Å²) in [7, 11) is 0. The molecule has 0 aromatic carbocycles. The van der Waals surface area contributed by atoms with E-state index in [1.54, 1.807) is 23.1 Å². The SMILES string of the molecule is C=COC(C)Sc1cccs1. The highest BCUT2D eigenvalue weighted by Crippen LogP contribution is 2.27. The molecule has 3 heteroatoms. The summed E-state index contributed by atoms with van der Waals surface area (Å²) in [5.41, 5.74) is 0.158. The van der Waals surface area contributed by atoms with Crippen molar-refractivity contribution in [3.8, 4) is 0 Å². The van der Waals surface area contributed by atoms with E-state index in [9.17, 15) is 0 Å². The van der Waals surface area contributed by atoms with Crippen LogP contribution in [0.4, 0.5) is 0 Å². The van der Waals surface area contributed by atoms with Crippen molar-refractivity contribution >= 4 is 23.1 Å². The number of hydrogen-bond acceptors (Lipinski definition) is 3. The van der Waals surface area contributed by atoms with Crippen molar-refractivity contribution < 1.29 is 4.74 Å². The van der Waals surface area contributed by atoms with Crippen molar-refractivity contribution in [3.05, 3.63) is 30.4 Å². The zero-order valence-electron chi connectivity index (χ0n) is 6.32. The van der Waals surface area contributed by atoms with Gasteiger partial charge in [-0.3, -0.25) is 0 Å². The third kappa shape index (κ3) is 2.99. The summed E-state index contributed by atoms with van der Waals surface area (Å²) in [4.78, 5) is 0. The lowest BCUT2D eigenvalue weighted by molar-refractivity contribution is 0.240. The van der Waals surface area contributed by atoms with Crippen molar-refractivity contribution in [2.45, 2.75) is 16.6 Å². The van der Waals surface area contributed by atoms with E-state index < -0.39 is 0 Å². The average Bonchev–Trinajstić information content (AvgIpc) is 2.40. The molecule has 1 rings (SSSR count). The zero-order chi connectivity index (χ0) is 8.10. The lowest BCUT2D eigenvalue weighted by Crippen LogP contribution is -1.95. The predicted octanol–water partition coefficient (Wildman–Crippen LogP) is 3.35. The van der Waals surface area contributed by atoms with Gasteiger partial charge in [0.2, 0.25) is 0 Å². The Kier molecular flexibility index (Phi) is 3.52. The maximum atomic E-state index is 5.15. The molecular weight excluding hydrogens is 176 g/mol. The molecule has 0 N–H and O–H groups in total. The third-order valence-electron chi connectivity index (χ3n) is 1.07. The molecule has 1 atom stereocenters. The van der Waals surface area contributed by atoms with Crippen molar-refractivity contribution in [2.75, 3.05) is 0 Å². The second kappa shape index (κ2) is 4.46. The molecule has 0 saturated carbocycles. The molecule has 0 spiro atoms. The maximum Gasteiger partial charge on any atom is 0.145 e. The quantitative estimate of drug-likeness (QED) is 0.405. The first-order chi connectivity index (χ1) is 5.33. The van der Waals surface area contributed by atoms with Crippen molar-refractivity contribution in [1.82, 2.24) is 0 Å². The first-order valence-electron chi connectivity index (χ1n) is 3.29. The Labute approximate surface area is 75.1 Å². The van der Waals surface area contributed by atoms with Crippen LogP contribution in [0.25, 0.3) is 0 Å². The summed E-state index contributed by atoms with van der Waals surface area (Å²) in [6.07, 6.45) is 1.48. The van der Waals surface area contributed by atoms with E-state index in [0.717, 1.165) is 0 Å². The molecule has 60 valence electrons. The molecule has 0 bridgehead atoms. The molecule has 1 aromatic rings. The minimum Gasteiger partial charge on any atom is -0.488 e. The number of thioether (sulfide) groups is 1. The van der Waals surface area contributed by atoms with E-state index in [1.165, 1.54) is 10.5 Å². The van der Waals surface area contributed by atoms with Gasteiger partial charge in [0.05, 0.1) is 10.5 Å². The monoisotopic (exact) mass is 186 g/mol. The molecule has 11 heavy (non-hydrogen) atoms. The van der Waals surface area contributed by atoms with Gasteiger partial charge in [-0.15, -0.1) is 11.3 Å². The number of ether oxygens (including phenoxy) is 1. The molecule has 0 aliphatic rings. The standard InChI is InChI=1S/C8H10OS2/c1-3-9-7(2)11-8-5-4-6-10-8/h3-7H,1H2,2H3. The van der Waals surface area contributed by atoms with Crippen LogP contribution in [0.3, 0.4) is 0 Å². The van der Waals surface area contributed by atoms with Crippen molar-refractivity contribution in [3.63, 3.8) is 0 Å². The lowest BCUT2D eigenvalue weighted by Gasteiger charge is -2.07. The van der Waals surface area contributed by atoms with Gasteiger partial charge in [0.25, 0.3) is 0 Å². The molecule has 0 aliphatic heterocycles. The Morgan fingerprint density at radius 3 is 3.18 bits per heavy atom. The van der Waals surface area contributed by atoms with Crippen LogP contribution in [0.2, 0.25) is 0 Å². The number of hydrogen-bond donors (Lipinski definition) is 0. The summed E-state index contributed by atoms with van der Waals surface area (Å²) in [6, 6.07) is 4.12. The van der Waals surface area contributed by atoms with Crippen molar-refractivity contribution in [1.29, 1.82) is 0 Å². The highest BCUT2D eigenvalue weighted by molar-refractivity contribution is 8.01. The van der Waals surface area contributed by atoms with E-state index in [2.05, 4.69) is 18.0 Å². The average molecular weight is 186 g/mol. The Hall–Kier alpha value is -0.410. The fourth-order valence-corrected chi connectivity index (χ4v) is 2.52. The van der Waals surface area contributed by atoms with E-state index in [-0.39, 0.29) is 5.44 Å². The molecule has 1 aromatic heterocycles. The Bertz CT molecular complexity index is 206. The van der Waals surface area contributed by atoms with E-state index in [4.69, 9.17) is 4.74 Å². The largest absolute Gasteiger partial charge is 0.488 e. The Morgan fingerprint density at radius 1 is 1.82 bits per heavy atom. The molecule has 1 unspecified atom stereocenters. The number of rotatable bonds is 4. The van der Waals surface area contributed by atoms with Gasteiger partial charge in [-0.2, -0.15) is 0 Å². The molecular formula is C8H10OS2. The van der Waals surface area contributed by atoms with Gasteiger partial charge >= 0.3 is 0 Å². The van der Waals surface area contributed by atoms with Crippen LogP contribution in [0.1, 0.15) is 6.92 Å². The molecule has 1 nitrogen and oxygen atoms in total. The smallest absolute Gasteiger partial charge is 0.145 e. The van der Waals surface area contributed by atoms with Crippen LogP contribution in [0.15, 0.2) is 34.6 Å². The first kappa shape index (κ1) is 8.68. The van der Waals surface area contributed by atoms with Gasteiger partial charge in [0.1, 0.15) is 5.44 Å². The summed E-state index contributed by atoms with van der Waals surface area (Å²) >= 11 is 3.43. The molecule has 0 fully saturated rings. The predicted molar refractivity (Wildman–Crippen MR) is 50.9 cm³/mol. The van der Waals surface area contributed by atoms with E-state index in [0.29, 0.717) is 0 Å². The topological polar surface area (TPSA) is 9.23 Å². The second-order valence-corrected chi connectivity index (χ2v) is 4.47. The minimum atomic E-state index is 0.158. The highest BCUT2D eigenvalue weighted by atomic mass is 32.2. The van der Waals surface area contributed by atoms with Crippen LogP contribution in [-0.2, 0) is 4.74 Å². The Morgan fingerprint density at radius 2 is 2.64 bits per heavy atom. The second-order valence-electron chi connectivity index (χ2n) is 1.92. The van der Waals surface area contributed by atoms with Crippen LogP contribution in [0, 0.1) is 0 Å². The zero-order valence-corrected chi connectivity index (χ0v) is 7.95. The molecule has 0 saturated heterocycles. The Balaban J connectivity index is 2.37. The molecule has 0 radical (unpaired) electrons.